The van der Waals surface area contributed by atoms with E-state index in [9.17, 15) is 10.1 Å². The second kappa shape index (κ2) is 8.40. The van der Waals surface area contributed by atoms with Crippen molar-refractivity contribution in [3.63, 3.8) is 0 Å². The highest BCUT2D eigenvalue weighted by Gasteiger charge is 2.57. The molecule has 0 bridgehead atoms. The first kappa shape index (κ1) is 22.6. The number of fused-ring (bicyclic) bond motifs is 4. The summed E-state index contributed by atoms with van der Waals surface area (Å²) >= 11 is 0. The van der Waals surface area contributed by atoms with Gasteiger partial charge in [0.25, 0.3) is 0 Å². The third kappa shape index (κ3) is 3.63. The van der Waals surface area contributed by atoms with Gasteiger partial charge in [0.05, 0.1) is 28.8 Å². The number of ether oxygens (including phenoxy) is 4. The van der Waals surface area contributed by atoms with E-state index < -0.39 is 36.2 Å². The van der Waals surface area contributed by atoms with Crippen LogP contribution < -0.4 is 5.73 Å². The molecular weight excluding hydrogens is 460 g/mol. The average molecular weight is 485 g/mol. The van der Waals surface area contributed by atoms with Crippen LogP contribution in [0.3, 0.4) is 0 Å². The van der Waals surface area contributed by atoms with Crippen LogP contribution in [0.25, 0.3) is 16.7 Å². The van der Waals surface area contributed by atoms with Gasteiger partial charge in [0.2, 0.25) is 0 Å². The summed E-state index contributed by atoms with van der Waals surface area (Å²) in [5.74, 6) is -1.12. The minimum Gasteiger partial charge on any atom is -0.384 e. The van der Waals surface area contributed by atoms with Gasteiger partial charge in [-0.05, 0) is 37.6 Å². The summed E-state index contributed by atoms with van der Waals surface area (Å²) < 4.78 is 25.9. The Morgan fingerprint density at radius 2 is 1.92 bits per heavy atom. The minimum absolute atomic E-state index is 0.153. The van der Waals surface area contributed by atoms with Gasteiger partial charge in [-0.15, -0.1) is 0 Å². The number of para-hydroxylation sites is 2. The van der Waals surface area contributed by atoms with E-state index in [4.69, 9.17) is 24.7 Å². The number of aromatic nitrogens is 2. The molecule has 2 saturated heterocycles. The highest BCUT2D eigenvalue weighted by atomic mass is 16.8. The van der Waals surface area contributed by atoms with E-state index in [1.165, 1.54) is 6.07 Å². The topological polar surface area (TPSA) is 121 Å². The first-order valence-corrected chi connectivity index (χ1v) is 11.7. The lowest BCUT2D eigenvalue weighted by Crippen LogP contribution is -2.41. The van der Waals surface area contributed by atoms with Crippen LogP contribution in [0.2, 0.25) is 0 Å². The molecule has 9 nitrogen and oxygen atoms in total. The Morgan fingerprint density at radius 3 is 2.69 bits per heavy atom. The number of hydrogen-bond donors (Lipinski definition) is 1. The maximum atomic E-state index is 13.9. The van der Waals surface area contributed by atoms with Crippen LogP contribution in [-0.4, -0.2) is 45.6 Å². The van der Waals surface area contributed by atoms with Crippen molar-refractivity contribution in [3.8, 4) is 6.07 Å². The molecule has 0 spiro atoms. The van der Waals surface area contributed by atoms with Crippen molar-refractivity contribution in [2.45, 2.75) is 50.8 Å². The Bertz CT molecular complexity index is 1520. The molecule has 2 aromatic heterocycles. The molecule has 2 aromatic carbocycles. The van der Waals surface area contributed by atoms with Crippen LogP contribution in [0, 0.1) is 11.3 Å². The molecule has 4 aromatic rings. The van der Waals surface area contributed by atoms with Gasteiger partial charge in [-0.25, -0.2) is 4.98 Å². The van der Waals surface area contributed by atoms with Gasteiger partial charge < -0.3 is 24.7 Å². The number of nitriles is 1. The molecule has 9 heteroatoms. The number of rotatable bonds is 5. The van der Waals surface area contributed by atoms with Crippen molar-refractivity contribution in [3.05, 3.63) is 77.4 Å². The van der Waals surface area contributed by atoms with Crippen molar-refractivity contribution in [2.75, 3.05) is 5.73 Å². The first-order valence-electron chi connectivity index (χ1n) is 11.7. The SMILES string of the molecule is CC1(C)O[C@H]2O[C@H](C(=O)c3cc(C#N)c4nc5ccccc5n4c3N)[C@H](OCc3ccccc3)[C@H]2O1. The number of carbonyl (C=O) groups excluding carboxylic acids is 1. The van der Waals surface area contributed by atoms with E-state index in [1.807, 2.05) is 54.6 Å². The van der Waals surface area contributed by atoms with E-state index in [2.05, 4.69) is 11.1 Å². The summed E-state index contributed by atoms with van der Waals surface area (Å²) in [5, 5.41) is 9.82. The number of pyridine rings is 1. The van der Waals surface area contributed by atoms with E-state index in [1.54, 1.807) is 18.2 Å². The minimum atomic E-state index is -1.04. The fourth-order valence-corrected chi connectivity index (χ4v) is 4.93. The van der Waals surface area contributed by atoms with E-state index in [0.29, 0.717) is 16.7 Å². The van der Waals surface area contributed by atoms with E-state index in [-0.39, 0.29) is 23.6 Å². The summed E-state index contributed by atoms with van der Waals surface area (Å²) in [7, 11) is 0. The third-order valence-corrected chi connectivity index (χ3v) is 6.53. The lowest BCUT2D eigenvalue weighted by atomic mass is 9.99. The fraction of sp³-hybridized carbons (Fsp3) is 0.296. The molecule has 36 heavy (non-hydrogen) atoms. The number of carbonyl (C=O) groups is 1. The number of hydrogen-bond acceptors (Lipinski definition) is 8. The number of ketones is 1. The molecule has 0 amide bonds. The Hall–Kier alpha value is -3.81. The second-order valence-corrected chi connectivity index (χ2v) is 9.38. The lowest BCUT2D eigenvalue weighted by Gasteiger charge is -2.25. The van der Waals surface area contributed by atoms with Gasteiger partial charge in [-0.3, -0.25) is 9.20 Å². The number of imidazole rings is 1. The molecule has 2 aliphatic heterocycles. The molecule has 182 valence electrons. The quantitative estimate of drug-likeness (QED) is 0.427. The zero-order chi connectivity index (χ0) is 25.0. The molecule has 0 aliphatic carbocycles. The Kier molecular flexibility index (Phi) is 5.28. The van der Waals surface area contributed by atoms with Gasteiger partial charge in [0, 0.05) is 0 Å². The van der Waals surface area contributed by atoms with Gasteiger partial charge in [-0.2, -0.15) is 5.26 Å². The smallest absolute Gasteiger partial charge is 0.198 e. The van der Waals surface area contributed by atoms with Crippen LogP contribution in [0.1, 0.15) is 35.3 Å². The second-order valence-electron chi connectivity index (χ2n) is 9.38. The zero-order valence-electron chi connectivity index (χ0n) is 19.8. The maximum absolute atomic E-state index is 13.9. The van der Waals surface area contributed by atoms with Crippen molar-refractivity contribution < 1.29 is 23.7 Å². The molecule has 0 unspecified atom stereocenters. The fourth-order valence-electron chi connectivity index (χ4n) is 4.93. The average Bonchev–Trinajstić information content (AvgIpc) is 3.51. The number of Topliss-reactive ketones (excluding diaryl/α,β-unsaturated/α-hetero) is 1. The van der Waals surface area contributed by atoms with Crippen LogP contribution in [0.4, 0.5) is 5.82 Å². The van der Waals surface area contributed by atoms with Crippen LogP contribution in [0.15, 0.2) is 60.7 Å². The highest BCUT2D eigenvalue weighted by Crippen LogP contribution is 2.40. The molecule has 0 saturated carbocycles. The van der Waals surface area contributed by atoms with Gasteiger partial charge in [0.15, 0.2) is 29.6 Å². The lowest BCUT2D eigenvalue weighted by molar-refractivity contribution is -0.212. The van der Waals surface area contributed by atoms with Gasteiger partial charge in [0.1, 0.15) is 24.1 Å². The third-order valence-electron chi connectivity index (χ3n) is 6.53. The molecule has 2 fully saturated rings. The summed E-state index contributed by atoms with van der Waals surface area (Å²) in [6, 6.07) is 20.6. The number of nitrogens with two attached hydrogens (primary N) is 1. The number of benzene rings is 2. The van der Waals surface area contributed by atoms with E-state index >= 15 is 0 Å². The van der Waals surface area contributed by atoms with Crippen LogP contribution in [-0.2, 0) is 25.6 Å². The van der Waals surface area contributed by atoms with Crippen molar-refractivity contribution in [1.29, 1.82) is 5.26 Å². The normalized spacial score (nSPS) is 24.7. The number of nitrogen functional groups attached to an aromatic ring is 1. The maximum Gasteiger partial charge on any atom is 0.198 e. The summed E-state index contributed by atoms with van der Waals surface area (Å²) in [4.78, 5) is 18.5. The molecule has 0 radical (unpaired) electrons. The molecular formula is C27H24N4O5. The van der Waals surface area contributed by atoms with E-state index in [0.717, 1.165) is 5.56 Å². The predicted molar refractivity (Wildman–Crippen MR) is 130 cm³/mol. The Morgan fingerprint density at radius 1 is 1.17 bits per heavy atom. The van der Waals surface area contributed by atoms with Crippen LogP contribution >= 0.6 is 0 Å². The number of nitrogens with zero attached hydrogens (tertiary/aromatic N) is 3. The molecule has 4 atom stereocenters. The summed E-state index contributed by atoms with van der Waals surface area (Å²) in [6.07, 6.45) is -3.16. The monoisotopic (exact) mass is 484 g/mol. The molecule has 2 N–H and O–H groups in total. The van der Waals surface area contributed by atoms with Crippen molar-refractivity contribution >= 4 is 28.3 Å². The zero-order valence-corrected chi connectivity index (χ0v) is 19.8. The number of anilines is 1. The van der Waals surface area contributed by atoms with Gasteiger partial charge in [-0.1, -0.05) is 42.5 Å². The highest BCUT2D eigenvalue weighted by molar-refractivity contribution is 6.05. The van der Waals surface area contributed by atoms with Crippen molar-refractivity contribution in [2.24, 2.45) is 0 Å². The van der Waals surface area contributed by atoms with Crippen LogP contribution in [0.5, 0.6) is 0 Å². The predicted octanol–water partition coefficient (Wildman–Crippen LogP) is 3.59. The van der Waals surface area contributed by atoms with Gasteiger partial charge >= 0.3 is 0 Å². The molecule has 4 heterocycles. The first-order chi connectivity index (χ1) is 17.4. The standard InChI is InChI=1S/C27H24N4O5/c1-27(2)35-23-22(33-14-15-8-4-3-5-9-15)21(34-26(23)36-27)20(32)17-12-16(13-28)25-30-18-10-6-7-11-19(18)31(25)24(17)29/h3-12,21-23,26H,14,29H2,1-2H3/t21-,22+,23-,26-/m1/s1. The molecule has 6 rings (SSSR count). The summed E-state index contributed by atoms with van der Waals surface area (Å²) in [5.41, 5.74) is 9.62. The van der Waals surface area contributed by atoms with Crippen molar-refractivity contribution in [1.82, 2.24) is 9.38 Å². The largest absolute Gasteiger partial charge is 0.384 e. The Balaban J connectivity index is 1.40. The molecule has 2 aliphatic rings. The summed E-state index contributed by atoms with van der Waals surface area (Å²) in [6.45, 7) is 3.83. The Labute approximate surface area is 206 Å².